The van der Waals surface area contributed by atoms with Crippen LogP contribution in [0.15, 0.2) is 0 Å². The Labute approximate surface area is 127 Å². The predicted octanol–water partition coefficient (Wildman–Crippen LogP) is 2.85. The van der Waals surface area contributed by atoms with Gasteiger partial charge in [-0.3, -0.25) is 4.79 Å². The minimum atomic E-state index is -0.819. The van der Waals surface area contributed by atoms with Crippen molar-refractivity contribution in [2.75, 3.05) is 13.1 Å². The highest BCUT2D eigenvalue weighted by Gasteiger charge is 2.29. The van der Waals surface area contributed by atoms with Gasteiger partial charge in [0, 0.05) is 19.1 Å². The number of rotatable bonds is 4. The molecule has 2 rings (SSSR count). The lowest BCUT2D eigenvalue weighted by Gasteiger charge is -2.35. The molecule has 5 heteroatoms. The van der Waals surface area contributed by atoms with Crippen molar-refractivity contribution in [1.29, 1.82) is 0 Å². The normalized spacial score (nSPS) is 30.0. The molecule has 2 fully saturated rings. The van der Waals surface area contributed by atoms with Gasteiger partial charge in [0.2, 0.25) is 0 Å². The molecule has 1 aliphatic carbocycles. The SMILES string of the molecule is CC1CCCC(CNC(=O)N2CCCCC2CC(=O)O)C1. The summed E-state index contributed by atoms with van der Waals surface area (Å²) >= 11 is 0. The fourth-order valence-corrected chi connectivity index (χ4v) is 3.76. The van der Waals surface area contributed by atoms with Gasteiger partial charge >= 0.3 is 12.0 Å². The van der Waals surface area contributed by atoms with Crippen molar-refractivity contribution in [3.63, 3.8) is 0 Å². The van der Waals surface area contributed by atoms with Gasteiger partial charge in [0.05, 0.1) is 6.42 Å². The molecule has 0 spiro atoms. The fourth-order valence-electron chi connectivity index (χ4n) is 3.76. The number of carbonyl (C=O) groups is 2. The Morgan fingerprint density at radius 1 is 1.19 bits per heavy atom. The molecule has 0 bridgehead atoms. The number of hydrogen-bond donors (Lipinski definition) is 2. The summed E-state index contributed by atoms with van der Waals surface area (Å²) in [4.78, 5) is 25.0. The van der Waals surface area contributed by atoms with Crippen LogP contribution in [0.5, 0.6) is 0 Å². The molecule has 3 atom stereocenters. The average Bonchev–Trinajstić information content (AvgIpc) is 2.45. The van der Waals surface area contributed by atoms with E-state index in [9.17, 15) is 9.59 Å². The van der Waals surface area contributed by atoms with Crippen LogP contribution in [0.2, 0.25) is 0 Å². The van der Waals surface area contributed by atoms with E-state index in [2.05, 4.69) is 12.2 Å². The van der Waals surface area contributed by atoms with Crippen LogP contribution < -0.4 is 5.32 Å². The predicted molar refractivity (Wildman–Crippen MR) is 81.1 cm³/mol. The molecule has 0 radical (unpaired) electrons. The average molecular weight is 296 g/mol. The molecule has 2 amide bonds. The zero-order chi connectivity index (χ0) is 15.2. The van der Waals surface area contributed by atoms with Crippen molar-refractivity contribution in [2.45, 2.75) is 64.3 Å². The Hall–Kier alpha value is -1.26. The number of aliphatic carboxylic acids is 1. The van der Waals surface area contributed by atoms with Gasteiger partial charge in [-0.25, -0.2) is 4.79 Å². The Morgan fingerprint density at radius 2 is 2.00 bits per heavy atom. The Balaban J connectivity index is 1.81. The molecule has 2 N–H and O–H groups in total. The number of carboxylic acids is 1. The second-order valence-electron chi connectivity index (χ2n) is 6.76. The number of amides is 2. The molecular formula is C16H28N2O3. The minimum Gasteiger partial charge on any atom is -0.481 e. The first-order chi connectivity index (χ1) is 10.1. The number of hydrogen-bond acceptors (Lipinski definition) is 2. The molecule has 2 aliphatic rings. The number of piperidine rings is 1. The third-order valence-electron chi connectivity index (χ3n) is 4.89. The number of carboxylic acid groups (broad SMARTS) is 1. The smallest absolute Gasteiger partial charge is 0.317 e. The summed E-state index contributed by atoms with van der Waals surface area (Å²) in [5.74, 6) is 0.525. The molecule has 0 aromatic heterocycles. The van der Waals surface area contributed by atoms with Gasteiger partial charge in [0.1, 0.15) is 0 Å². The molecule has 1 heterocycles. The number of urea groups is 1. The molecule has 3 unspecified atom stereocenters. The quantitative estimate of drug-likeness (QED) is 0.838. The summed E-state index contributed by atoms with van der Waals surface area (Å²) in [6.07, 6.45) is 7.81. The van der Waals surface area contributed by atoms with Crippen LogP contribution in [0.3, 0.4) is 0 Å². The number of carbonyl (C=O) groups excluding carboxylic acids is 1. The lowest BCUT2D eigenvalue weighted by Crippen LogP contribution is -2.50. The number of nitrogens with zero attached hydrogens (tertiary/aromatic N) is 1. The van der Waals surface area contributed by atoms with E-state index < -0.39 is 5.97 Å². The van der Waals surface area contributed by atoms with E-state index >= 15 is 0 Å². The first kappa shape index (κ1) is 16.1. The van der Waals surface area contributed by atoms with Crippen LogP contribution in [0.1, 0.15) is 58.3 Å². The zero-order valence-corrected chi connectivity index (χ0v) is 13.0. The molecular weight excluding hydrogens is 268 g/mol. The highest BCUT2D eigenvalue weighted by molar-refractivity contribution is 5.76. The summed E-state index contributed by atoms with van der Waals surface area (Å²) in [7, 11) is 0. The van der Waals surface area contributed by atoms with E-state index in [1.807, 2.05) is 0 Å². The van der Waals surface area contributed by atoms with Gasteiger partial charge in [-0.2, -0.15) is 0 Å². The first-order valence-electron chi connectivity index (χ1n) is 8.32. The van der Waals surface area contributed by atoms with Gasteiger partial charge in [-0.1, -0.05) is 19.8 Å². The lowest BCUT2D eigenvalue weighted by atomic mass is 9.82. The second-order valence-corrected chi connectivity index (χ2v) is 6.76. The summed E-state index contributed by atoms with van der Waals surface area (Å²) in [6.45, 7) is 3.70. The number of likely N-dealkylation sites (tertiary alicyclic amines) is 1. The van der Waals surface area contributed by atoms with E-state index in [-0.39, 0.29) is 18.5 Å². The Kier molecular flexibility index (Phi) is 5.88. The maximum Gasteiger partial charge on any atom is 0.317 e. The van der Waals surface area contributed by atoms with Crippen molar-refractivity contribution in [3.8, 4) is 0 Å². The summed E-state index contributed by atoms with van der Waals surface area (Å²) in [5.41, 5.74) is 0. The van der Waals surface area contributed by atoms with E-state index in [4.69, 9.17) is 5.11 Å². The Morgan fingerprint density at radius 3 is 2.71 bits per heavy atom. The van der Waals surface area contributed by atoms with Gasteiger partial charge in [0.25, 0.3) is 0 Å². The van der Waals surface area contributed by atoms with Crippen LogP contribution >= 0.6 is 0 Å². The maximum atomic E-state index is 12.3. The van der Waals surface area contributed by atoms with Gasteiger partial charge in [0.15, 0.2) is 0 Å². The van der Waals surface area contributed by atoms with Crippen molar-refractivity contribution in [3.05, 3.63) is 0 Å². The van der Waals surface area contributed by atoms with Crippen molar-refractivity contribution < 1.29 is 14.7 Å². The Bertz CT molecular complexity index is 373. The summed E-state index contributed by atoms with van der Waals surface area (Å²) < 4.78 is 0. The van der Waals surface area contributed by atoms with Crippen LogP contribution in [-0.2, 0) is 4.79 Å². The number of nitrogens with one attached hydrogen (secondary N) is 1. The molecule has 0 aromatic carbocycles. The van der Waals surface area contributed by atoms with Crippen LogP contribution in [0.25, 0.3) is 0 Å². The highest BCUT2D eigenvalue weighted by atomic mass is 16.4. The van der Waals surface area contributed by atoms with Gasteiger partial charge in [-0.05, 0) is 43.9 Å². The largest absolute Gasteiger partial charge is 0.481 e. The third-order valence-corrected chi connectivity index (χ3v) is 4.89. The monoisotopic (exact) mass is 296 g/mol. The molecule has 120 valence electrons. The van der Waals surface area contributed by atoms with E-state index in [0.717, 1.165) is 31.7 Å². The van der Waals surface area contributed by atoms with Crippen molar-refractivity contribution in [2.24, 2.45) is 11.8 Å². The topological polar surface area (TPSA) is 69.6 Å². The highest BCUT2D eigenvalue weighted by Crippen LogP contribution is 2.28. The standard InChI is InChI=1S/C16H28N2O3/c1-12-5-4-6-13(9-12)11-17-16(21)18-8-3-2-7-14(18)10-15(19)20/h12-14H,2-11H2,1H3,(H,17,21)(H,19,20). The second kappa shape index (κ2) is 7.66. The zero-order valence-electron chi connectivity index (χ0n) is 13.0. The van der Waals surface area contributed by atoms with Crippen LogP contribution in [0.4, 0.5) is 4.79 Å². The van der Waals surface area contributed by atoms with Crippen molar-refractivity contribution in [1.82, 2.24) is 10.2 Å². The summed E-state index contributed by atoms with van der Waals surface area (Å²) in [6, 6.07) is -0.208. The van der Waals surface area contributed by atoms with Crippen molar-refractivity contribution >= 4 is 12.0 Å². The third kappa shape index (κ3) is 4.90. The molecule has 21 heavy (non-hydrogen) atoms. The van der Waals surface area contributed by atoms with Gasteiger partial charge < -0.3 is 15.3 Å². The molecule has 1 saturated carbocycles. The van der Waals surface area contributed by atoms with E-state index in [1.54, 1.807) is 4.90 Å². The maximum absolute atomic E-state index is 12.3. The molecule has 1 aliphatic heterocycles. The fraction of sp³-hybridized carbons (Fsp3) is 0.875. The molecule has 0 aromatic rings. The van der Waals surface area contributed by atoms with Crippen LogP contribution in [0, 0.1) is 11.8 Å². The minimum absolute atomic E-state index is 0.0634. The van der Waals surface area contributed by atoms with Gasteiger partial charge in [-0.15, -0.1) is 0 Å². The van der Waals surface area contributed by atoms with E-state index in [0.29, 0.717) is 12.5 Å². The summed E-state index contributed by atoms with van der Waals surface area (Å²) in [5, 5.41) is 12.0. The van der Waals surface area contributed by atoms with Crippen LogP contribution in [-0.4, -0.2) is 41.1 Å². The first-order valence-corrected chi connectivity index (χ1v) is 8.32. The molecule has 1 saturated heterocycles. The molecule has 5 nitrogen and oxygen atoms in total. The lowest BCUT2D eigenvalue weighted by molar-refractivity contribution is -0.138. The van der Waals surface area contributed by atoms with E-state index in [1.165, 1.54) is 25.7 Å².